The lowest BCUT2D eigenvalue weighted by Gasteiger charge is -1.99. The van der Waals surface area contributed by atoms with Crippen LogP contribution < -0.4 is 4.74 Å². The number of rotatable bonds is 2. The van der Waals surface area contributed by atoms with E-state index in [2.05, 4.69) is 24.0 Å². The first-order chi connectivity index (χ1) is 7.22. The smallest absolute Gasteiger partial charge is 0.197 e. The molecule has 0 atom stereocenters. The van der Waals surface area contributed by atoms with E-state index < -0.39 is 0 Å². The van der Waals surface area contributed by atoms with Gasteiger partial charge in [-0.2, -0.15) is 0 Å². The molecular formula is C12H13NOS. The molecule has 0 fully saturated rings. The molecule has 78 valence electrons. The molecule has 1 aromatic heterocycles. The summed E-state index contributed by atoms with van der Waals surface area (Å²) in [5.41, 5.74) is 3.39. The molecule has 0 aliphatic carbocycles. The van der Waals surface area contributed by atoms with Gasteiger partial charge in [-0.15, -0.1) is 0 Å². The molecule has 0 saturated carbocycles. The van der Waals surface area contributed by atoms with E-state index in [1.807, 2.05) is 19.1 Å². The maximum Gasteiger partial charge on any atom is 0.197 e. The van der Waals surface area contributed by atoms with Crippen LogP contribution in [0, 0.1) is 13.8 Å². The number of aryl methyl sites for hydroxylation is 2. The maximum atomic E-state index is 5.24. The van der Waals surface area contributed by atoms with Gasteiger partial charge < -0.3 is 4.74 Å². The normalized spacial score (nSPS) is 10.3. The number of aromatic nitrogens is 1. The van der Waals surface area contributed by atoms with Gasteiger partial charge in [0, 0.05) is 5.56 Å². The highest BCUT2D eigenvalue weighted by molar-refractivity contribution is 7.17. The van der Waals surface area contributed by atoms with E-state index in [1.54, 1.807) is 18.4 Å². The van der Waals surface area contributed by atoms with Gasteiger partial charge >= 0.3 is 0 Å². The zero-order valence-corrected chi connectivity index (χ0v) is 9.89. The van der Waals surface area contributed by atoms with Gasteiger partial charge in [-0.05, 0) is 19.4 Å². The predicted molar refractivity (Wildman–Crippen MR) is 63.6 cm³/mol. The molecular weight excluding hydrogens is 206 g/mol. The van der Waals surface area contributed by atoms with Crippen LogP contribution in [0.1, 0.15) is 11.3 Å². The molecule has 0 aliphatic heterocycles. The van der Waals surface area contributed by atoms with E-state index in [4.69, 9.17) is 4.74 Å². The van der Waals surface area contributed by atoms with E-state index >= 15 is 0 Å². The summed E-state index contributed by atoms with van der Waals surface area (Å²) in [5, 5.41) is 1.93. The van der Waals surface area contributed by atoms with Gasteiger partial charge in [0.05, 0.1) is 12.8 Å². The Bertz CT molecular complexity index is 476. The standard InChI is InChI=1S/C12H13NOS/c1-8-6-4-5-7-10(8)11-13-9(2)12(14-3)15-11/h4-7H,1-3H3. The molecule has 1 aromatic carbocycles. The van der Waals surface area contributed by atoms with Crippen molar-refractivity contribution in [3.05, 3.63) is 35.5 Å². The molecule has 0 spiro atoms. The number of ether oxygens (including phenoxy) is 1. The number of nitrogens with zero attached hydrogens (tertiary/aromatic N) is 1. The summed E-state index contributed by atoms with van der Waals surface area (Å²) in [5.74, 6) is 0. The van der Waals surface area contributed by atoms with Crippen molar-refractivity contribution in [2.75, 3.05) is 7.11 Å². The number of benzene rings is 1. The molecule has 0 bridgehead atoms. The van der Waals surface area contributed by atoms with Crippen molar-refractivity contribution in [2.45, 2.75) is 13.8 Å². The second-order valence-corrected chi connectivity index (χ2v) is 4.37. The summed E-state index contributed by atoms with van der Waals surface area (Å²) >= 11 is 1.59. The molecule has 0 radical (unpaired) electrons. The molecule has 0 saturated heterocycles. The number of hydrogen-bond acceptors (Lipinski definition) is 3. The topological polar surface area (TPSA) is 22.1 Å². The maximum absolute atomic E-state index is 5.24. The highest BCUT2D eigenvalue weighted by atomic mass is 32.1. The van der Waals surface area contributed by atoms with Gasteiger partial charge in [0.25, 0.3) is 0 Å². The highest BCUT2D eigenvalue weighted by Gasteiger charge is 2.10. The van der Waals surface area contributed by atoms with E-state index in [1.165, 1.54) is 11.1 Å². The van der Waals surface area contributed by atoms with Crippen LogP contribution in [0.2, 0.25) is 0 Å². The van der Waals surface area contributed by atoms with Crippen LogP contribution in [-0.4, -0.2) is 12.1 Å². The van der Waals surface area contributed by atoms with Crippen molar-refractivity contribution in [1.82, 2.24) is 4.98 Å². The van der Waals surface area contributed by atoms with E-state index in [0.29, 0.717) is 0 Å². The largest absolute Gasteiger partial charge is 0.486 e. The van der Waals surface area contributed by atoms with Gasteiger partial charge in [0.15, 0.2) is 5.06 Å². The lowest BCUT2D eigenvalue weighted by Crippen LogP contribution is -1.82. The molecule has 15 heavy (non-hydrogen) atoms. The Morgan fingerprint density at radius 3 is 2.53 bits per heavy atom. The first-order valence-corrected chi connectivity index (χ1v) is 5.61. The first-order valence-electron chi connectivity index (χ1n) is 4.80. The van der Waals surface area contributed by atoms with Crippen LogP contribution in [0.3, 0.4) is 0 Å². The first kappa shape index (κ1) is 10.2. The van der Waals surface area contributed by atoms with Crippen LogP contribution in [-0.2, 0) is 0 Å². The van der Waals surface area contributed by atoms with Crippen LogP contribution in [0.4, 0.5) is 0 Å². The van der Waals surface area contributed by atoms with Gasteiger partial charge in [-0.1, -0.05) is 35.6 Å². The molecule has 1 heterocycles. The van der Waals surface area contributed by atoms with Gasteiger partial charge in [0.2, 0.25) is 0 Å². The molecule has 2 nitrogen and oxygen atoms in total. The zero-order valence-electron chi connectivity index (χ0n) is 9.07. The lowest BCUT2D eigenvalue weighted by molar-refractivity contribution is 0.423. The minimum Gasteiger partial charge on any atom is -0.486 e. The lowest BCUT2D eigenvalue weighted by atomic mass is 10.1. The summed E-state index contributed by atoms with van der Waals surface area (Å²) in [6, 6.07) is 8.26. The van der Waals surface area contributed by atoms with E-state index in [-0.39, 0.29) is 0 Å². The van der Waals surface area contributed by atoms with E-state index in [0.717, 1.165) is 15.8 Å². The van der Waals surface area contributed by atoms with Crippen molar-refractivity contribution < 1.29 is 4.74 Å². The SMILES string of the molecule is COc1sc(-c2ccccc2C)nc1C. The third-order valence-electron chi connectivity index (χ3n) is 2.31. The predicted octanol–water partition coefficient (Wildman–Crippen LogP) is 3.44. The molecule has 0 N–H and O–H groups in total. The van der Waals surface area contributed by atoms with Crippen LogP contribution in [0.15, 0.2) is 24.3 Å². The fourth-order valence-corrected chi connectivity index (χ4v) is 2.47. The number of thiazole rings is 1. The molecule has 0 unspecified atom stereocenters. The fourth-order valence-electron chi connectivity index (χ4n) is 1.50. The van der Waals surface area contributed by atoms with E-state index in [9.17, 15) is 0 Å². The average molecular weight is 219 g/mol. The Morgan fingerprint density at radius 1 is 1.20 bits per heavy atom. The summed E-state index contributed by atoms with van der Waals surface area (Å²) in [7, 11) is 1.68. The third kappa shape index (κ3) is 1.88. The van der Waals surface area contributed by atoms with Crippen molar-refractivity contribution in [2.24, 2.45) is 0 Å². The minimum atomic E-state index is 0.897. The summed E-state index contributed by atoms with van der Waals surface area (Å²) in [6.07, 6.45) is 0. The molecule has 2 aromatic rings. The van der Waals surface area contributed by atoms with Crippen LogP contribution in [0.25, 0.3) is 10.6 Å². The Labute approximate surface area is 93.6 Å². The molecule has 2 rings (SSSR count). The Morgan fingerprint density at radius 2 is 1.93 bits per heavy atom. The molecule has 3 heteroatoms. The van der Waals surface area contributed by atoms with Crippen molar-refractivity contribution in [3.8, 4) is 15.6 Å². The Hall–Kier alpha value is -1.35. The quantitative estimate of drug-likeness (QED) is 0.772. The molecule has 0 aliphatic rings. The zero-order chi connectivity index (χ0) is 10.8. The monoisotopic (exact) mass is 219 g/mol. The third-order valence-corrected chi connectivity index (χ3v) is 3.47. The minimum absolute atomic E-state index is 0.897. The van der Waals surface area contributed by atoms with Crippen molar-refractivity contribution in [1.29, 1.82) is 0 Å². The second kappa shape index (κ2) is 4.03. The number of methoxy groups -OCH3 is 1. The van der Waals surface area contributed by atoms with Crippen LogP contribution in [0.5, 0.6) is 5.06 Å². The van der Waals surface area contributed by atoms with Gasteiger partial charge in [0.1, 0.15) is 5.01 Å². The summed E-state index contributed by atoms with van der Waals surface area (Å²) < 4.78 is 5.24. The second-order valence-electron chi connectivity index (χ2n) is 3.41. The van der Waals surface area contributed by atoms with Crippen LogP contribution >= 0.6 is 11.3 Å². The summed E-state index contributed by atoms with van der Waals surface area (Å²) in [4.78, 5) is 4.51. The number of hydrogen-bond donors (Lipinski definition) is 0. The van der Waals surface area contributed by atoms with Gasteiger partial charge in [-0.25, -0.2) is 4.98 Å². The fraction of sp³-hybridized carbons (Fsp3) is 0.250. The highest BCUT2D eigenvalue weighted by Crippen LogP contribution is 2.34. The van der Waals surface area contributed by atoms with Crippen molar-refractivity contribution >= 4 is 11.3 Å². The average Bonchev–Trinajstić information content (AvgIpc) is 2.60. The Kier molecular flexibility index (Phi) is 2.73. The summed E-state index contributed by atoms with van der Waals surface area (Å²) in [6.45, 7) is 4.07. The Balaban J connectivity index is 2.50. The molecule has 0 amide bonds. The van der Waals surface area contributed by atoms with Crippen molar-refractivity contribution in [3.63, 3.8) is 0 Å². The van der Waals surface area contributed by atoms with Gasteiger partial charge in [-0.3, -0.25) is 0 Å².